The number of thioether (sulfide) groups is 1. The van der Waals surface area contributed by atoms with Crippen LogP contribution >= 0.6 is 11.8 Å². The highest BCUT2D eigenvalue weighted by Gasteiger charge is 2.17. The third-order valence-electron chi connectivity index (χ3n) is 2.68. The van der Waals surface area contributed by atoms with Gasteiger partial charge in [0.25, 0.3) is 5.91 Å². The molecule has 17 heavy (non-hydrogen) atoms. The van der Waals surface area contributed by atoms with E-state index in [-0.39, 0.29) is 5.91 Å². The Kier molecular flexibility index (Phi) is 4.47. The van der Waals surface area contributed by atoms with Crippen LogP contribution in [0.2, 0.25) is 0 Å². The monoisotopic (exact) mass is 256 g/mol. The summed E-state index contributed by atoms with van der Waals surface area (Å²) in [6.07, 6.45) is 4.13. The second-order valence-corrected chi connectivity index (χ2v) is 4.91. The van der Waals surface area contributed by atoms with E-state index in [1.54, 1.807) is 17.8 Å². The molecule has 1 fully saturated rings. The number of furan rings is 1. The molecule has 1 aromatic rings. The number of ether oxygens (including phenoxy) is 1. The van der Waals surface area contributed by atoms with Crippen molar-refractivity contribution in [1.29, 1.82) is 0 Å². The van der Waals surface area contributed by atoms with Gasteiger partial charge in [0.2, 0.25) is 0 Å². The summed E-state index contributed by atoms with van der Waals surface area (Å²) in [4.78, 5) is 11.4. The molecule has 94 valence electrons. The molecule has 1 aliphatic heterocycles. The Morgan fingerprint density at radius 3 is 3.24 bits per heavy atom. The first-order valence-electron chi connectivity index (χ1n) is 5.58. The van der Waals surface area contributed by atoms with Crippen molar-refractivity contribution < 1.29 is 13.9 Å². The lowest BCUT2D eigenvalue weighted by Gasteiger charge is -2.08. The lowest BCUT2D eigenvalue weighted by atomic mass is 10.2. The van der Waals surface area contributed by atoms with E-state index in [4.69, 9.17) is 15.0 Å². The fraction of sp³-hybridized carbons (Fsp3) is 0.545. The van der Waals surface area contributed by atoms with Crippen LogP contribution in [0.5, 0.6) is 0 Å². The minimum atomic E-state index is -0.313. The van der Waals surface area contributed by atoms with Gasteiger partial charge in [-0.2, -0.15) is 11.8 Å². The van der Waals surface area contributed by atoms with Gasteiger partial charge < -0.3 is 9.15 Å². The molecule has 5 nitrogen and oxygen atoms in total. The molecule has 1 aromatic heterocycles. The van der Waals surface area contributed by atoms with E-state index >= 15 is 0 Å². The minimum Gasteiger partial charge on any atom is -0.468 e. The Hall–Kier alpha value is -0.980. The van der Waals surface area contributed by atoms with Gasteiger partial charge in [-0.15, -0.1) is 0 Å². The quantitative estimate of drug-likeness (QED) is 0.471. The summed E-state index contributed by atoms with van der Waals surface area (Å²) in [5.74, 6) is 7.04. The number of nitrogens with two attached hydrogens (primary N) is 1. The molecule has 1 saturated heterocycles. The van der Waals surface area contributed by atoms with Gasteiger partial charge in [-0.25, -0.2) is 5.84 Å². The van der Waals surface area contributed by atoms with Crippen molar-refractivity contribution in [3.63, 3.8) is 0 Å². The number of carbonyl (C=O) groups is 1. The molecule has 0 spiro atoms. The Labute approximate surface area is 104 Å². The highest BCUT2D eigenvalue weighted by atomic mass is 32.2. The highest BCUT2D eigenvalue weighted by Crippen LogP contribution is 2.22. The zero-order valence-corrected chi connectivity index (χ0v) is 10.3. The van der Waals surface area contributed by atoms with Crippen LogP contribution < -0.4 is 11.3 Å². The number of amides is 1. The Morgan fingerprint density at radius 1 is 1.65 bits per heavy atom. The van der Waals surface area contributed by atoms with E-state index in [1.165, 1.54) is 6.26 Å². The zero-order valence-electron chi connectivity index (χ0n) is 9.48. The third-order valence-corrected chi connectivity index (χ3v) is 3.76. The summed E-state index contributed by atoms with van der Waals surface area (Å²) in [5, 5.41) is 0. The molecular weight excluding hydrogens is 240 g/mol. The van der Waals surface area contributed by atoms with Gasteiger partial charge in [-0.05, 0) is 18.9 Å². The molecule has 1 amide bonds. The second kappa shape index (κ2) is 6.09. The summed E-state index contributed by atoms with van der Waals surface area (Å²) < 4.78 is 10.8. The second-order valence-electron chi connectivity index (χ2n) is 3.88. The molecule has 3 N–H and O–H groups in total. The summed E-state index contributed by atoms with van der Waals surface area (Å²) in [6, 6.07) is 1.63. The van der Waals surface area contributed by atoms with Crippen molar-refractivity contribution in [3.8, 4) is 0 Å². The molecule has 1 aliphatic rings. The Balaban J connectivity index is 1.82. The summed E-state index contributed by atoms with van der Waals surface area (Å²) >= 11 is 1.71. The van der Waals surface area contributed by atoms with Gasteiger partial charge in [0.05, 0.1) is 23.7 Å². The van der Waals surface area contributed by atoms with Crippen LogP contribution in [0.15, 0.2) is 16.7 Å². The molecule has 0 saturated carbocycles. The number of rotatable bonds is 5. The minimum absolute atomic E-state index is 0.313. The molecule has 0 aromatic carbocycles. The average molecular weight is 256 g/mol. The van der Waals surface area contributed by atoms with Gasteiger partial charge in [0, 0.05) is 12.4 Å². The number of hydrogen-bond donors (Lipinski definition) is 2. The zero-order chi connectivity index (χ0) is 12.1. The van der Waals surface area contributed by atoms with Crippen molar-refractivity contribution >= 4 is 17.7 Å². The van der Waals surface area contributed by atoms with E-state index in [9.17, 15) is 4.79 Å². The van der Waals surface area contributed by atoms with Crippen molar-refractivity contribution in [1.82, 2.24) is 5.43 Å². The standard InChI is InChI=1S/C11H16N2O3S/c12-13-11(14)9-3-5-16-10(9)7-17-6-8-2-1-4-15-8/h3,5,8H,1-2,4,6-7,12H2,(H,13,14). The molecular formula is C11H16N2O3S. The maximum absolute atomic E-state index is 11.4. The number of nitrogens with one attached hydrogen (secondary N) is 1. The summed E-state index contributed by atoms with van der Waals surface area (Å²) in [6.45, 7) is 0.868. The van der Waals surface area contributed by atoms with Crippen LogP contribution in [0, 0.1) is 0 Å². The van der Waals surface area contributed by atoms with Gasteiger partial charge in [0.15, 0.2) is 0 Å². The van der Waals surface area contributed by atoms with Crippen LogP contribution in [-0.2, 0) is 10.5 Å². The van der Waals surface area contributed by atoms with Crippen LogP contribution in [0.3, 0.4) is 0 Å². The van der Waals surface area contributed by atoms with Gasteiger partial charge in [-0.1, -0.05) is 0 Å². The maximum Gasteiger partial charge on any atom is 0.268 e. The topological polar surface area (TPSA) is 77.5 Å². The van der Waals surface area contributed by atoms with E-state index in [0.29, 0.717) is 23.2 Å². The van der Waals surface area contributed by atoms with Crippen molar-refractivity contribution in [2.75, 3.05) is 12.4 Å². The largest absolute Gasteiger partial charge is 0.468 e. The number of nitrogen functional groups attached to an aromatic ring is 1. The van der Waals surface area contributed by atoms with Crippen LogP contribution in [-0.4, -0.2) is 24.4 Å². The predicted octanol–water partition coefficient (Wildman–Crippen LogP) is 1.30. The van der Waals surface area contributed by atoms with Crippen molar-refractivity contribution in [2.45, 2.75) is 24.7 Å². The van der Waals surface area contributed by atoms with Crippen LogP contribution in [0.4, 0.5) is 0 Å². The van der Waals surface area contributed by atoms with E-state index in [1.807, 2.05) is 0 Å². The average Bonchev–Trinajstić information content (AvgIpc) is 2.99. The lowest BCUT2D eigenvalue weighted by Crippen LogP contribution is -2.30. The van der Waals surface area contributed by atoms with Crippen LogP contribution in [0.25, 0.3) is 0 Å². The lowest BCUT2D eigenvalue weighted by molar-refractivity contribution is 0.0952. The van der Waals surface area contributed by atoms with E-state index in [0.717, 1.165) is 25.2 Å². The van der Waals surface area contributed by atoms with Gasteiger partial charge in [-0.3, -0.25) is 10.2 Å². The summed E-state index contributed by atoms with van der Waals surface area (Å²) in [7, 11) is 0. The Bertz CT molecular complexity index is 375. The van der Waals surface area contributed by atoms with E-state index in [2.05, 4.69) is 5.43 Å². The highest BCUT2D eigenvalue weighted by molar-refractivity contribution is 7.98. The number of hydrazine groups is 1. The normalized spacial score (nSPS) is 19.5. The predicted molar refractivity (Wildman–Crippen MR) is 65.5 cm³/mol. The van der Waals surface area contributed by atoms with Gasteiger partial charge in [0.1, 0.15) is 5.76 Å². The van der Waals surface area contributed by atoms with Crippen molar-refractivity contribution in [2.24, 2.45) is 5.84 Å². The maximum atomic E-state index is 11.4. The summed E-state index contributed by atoms with van der Waals surface area (Å²) in [5.41, 5.74) is 2.61. The Morgan fingerprint density at radius 2 is 2.53 bits per heavy atom. The first-order valence-corrected chi connectivity index (χ1v) is 6.73. The molecule has 1 unspecified atom stereocenters. The first kappa shape index (κ1) is 12.5. The van der Waals surface area contributed by atoms with E-state index < -0.39 is 0 Å². The number of hydrogen-bond acceptors (Lipinski definition) is 5. The van der Waals surface area contributed by atoms with Crippen LogP contribution in [0.1, 0.15) is 29.0 Å². The smallest absolute Gasteiger partial charge is 0.268 e. The molecule has 6 heteroatoms. The molecule has 0 bridgehead atoms. The fourth-order valence-corrected chi connectivity index (χ4v) is 2.84. The number of carbonyl (C=O) groups excluding carboxylic acids is 1. The molecule has 1 atom stereocenters. The molecule has 0 aliphatic carbocycles. The molecule has 2 rings (SSSR count). The SMILES string of the molecule is NNC(=O)c1ccoc1CSCC1CCCO1. The molecule has 2 heterocycles. The molecule has 0 radical (unpaired) electrons. The third kappa shape index (κ3) is 3.24. The first-order chi connectivity index (χ1) is 8.31. The fourth-order valence-electron chi connectivity index (χ4n) is 1.79. The van der Waals surface area contributed by atoms with Crippen molar-refractivity contribution in [3.05, 3.63) is 23.7 Å². The van der Waals surface area contributed by atoms with Gasteiger partial charge >= 0.3 is 0 Å².